The van der Waals surface area contributed by atoms with Gasteiger partial charge in [-0.25, -0.2) is 9.36 Å². The average molecular weight is 324 g/mol. The highest BCUT2D eigenvalue weighted by molar-refractivity contribution is 7.47. The highest BCUT2D eigenvalue weighted by Gasteiger charge is 2.19. The molecule has 122 valence electrons. The van der Waals surface area contributed by atoms with Crippen molar-refractivity contribution in [1.29, 1.82) is 0 Å². The minimum atomic E-state index is -4.00. The first-order valence-electron chi connectivity index (χ1n) is 6.25. The molecule has 0 aromatic heterocycles. The summed E-state index contributed by atoms with van der Waals surface area (Å²) in [6.07, 6.45) is 0.214. The van der Waals surface area contributed by atoms with Crippen molar-refractivity contribution in [2.24, 2.45) is 0 Å². The van der Waals surface area contributed by atoms with Crippen molar-refractivity contribution >= 4 is 25.4 Å². The minimum absolute atomic E-state index is 0.0621. The van der Waals surface area contributed by atoms with E-state index in [1.807, 2.05) is 0 Å². The van der Waals surface area contributed by atoms with Crippen molar-refractivity contribution in [3.05, 3.63) is 0 Å². The molecule has 10 heteroatoms. The molecule has 2 amide bonds. The molecule has 9 nitrogen and oxygen atoms in total. The van der Waals surface area contributed by atoms with Gasteiger partial charge in [-0.2, -0.15) is 0 Å². The van der Waals surface area contributed by atoms with Crippen LogP contribution in [0, 0.1) is 0 Å². The highest BCUT2D eigenvalue weighted by atomic mass is 31.2. The van der Waals surface area contributed by atoms with Crippen LogP contribution in [0.4, 0.5) is 4.79 Å². The van der Waals surface area contributed by atoms with Crippen molar-refractivity contribution in [1.82, 2.24) is 10.6 Å². The lowest BCUT2D eigenvalue weighted by Crippen LogP contribution is -2.46. The van der Waals surface area contributed by atoms with Gasteiger partial charge in [-0.05, 0) is 20.3 Å². The summed E-state index contributed by atoms with van der Waals surface area (Å²) >= 11 is 0. The number of amides is 2. The van der Waals surface area contributed by atoms with E-state index in [2.05, 4.69) is 19.7 Å². The number of rotatable bonds is 10. The van der Waals surface area contributed by atoms with Gasteiger partial charge in [-0.1, -0.05) is 0 Å². The molecule has 0 radical (unpaired) electrons. The molecular formula is C11H21N2O7P. The lowest BCUT2D eigenvalue weighted by atomic mass is 10.1. The van der Waals surface area contributed by atoms with Crippen LogP contribution in [0.1, 0.15) is 26.7 Å². The average Bonchev–Trinajstić information content (AvgIpc) is 2.36. The lowest BCUT2D eigenvalue weighted by Gasteiger charge is -2.15. The number of urea groups is 1. The largest absolute Gasteiger partial charge is 0.471 e. The van der Waals surface area contributed by atoms with Crippen LogP contribution in [-0.4, -0.2) is 48.8 Å². The number of phosphoric ester groups is 1. The molecule has 0 aliphatic heterocycles. The van der Waals surface area contributed by atoms with Crippen LogP contribution in [0.15, 0.2) is 0 Å². The van der Waals surface area contributed by atoms with E-state index in [1.165, 1.54) is 13.8 Å². The number of nitrogens with one attached hydrogen (secondary N) is 2. The van der Waals surface area contributed by atoms with Gasteiger partial charge in [0.15, 0.2) is 5.78 Å². The monoisotopic (exact) mass is 324 g/mol. The number of hydrogen-bond donors (Lipinski definition) is 3. The Hall–Kier alpha value is -1.28. The SMILES string of the molecule is COP(=O)(O)OCCCNC(=O)NC(CC(C)=O)C(C)=O. The molecule has 0 spiro atoms. The molecule has 21 heavy (non-hydrogen) atoms. The Morgan fingerprint density at radius 3 is 2.38 bits per heavy atom. The van der Waals surface area contributed by atoms with Crippen molar-refractivity contribution in [3.63, 3.8) is 0 Å². The van der Waals surface area contributed by atoms with Crippen LogP contribution in [0.25, 0.3) is 0 Å². The Labute approximate surface area is 123 Å². The van der Waals surface area contributed by atoms with E-state index in [4.69, 9.17) is 4.89 Å². The molecule has 0 aromatic rings. The molecule has 2 atom stereocenters. The standard InChI is InChI=1S/C11H21N2O7P/c1-8(14)7-10(9(2)15)13-11(16)12-5-4-6-20-21(17,18)19-3/h10H,4-7H2,1-3H3,(H,17,18)(H2,12,13,16). The molecule has 0 aliphatic rings. The third-order valence-corrected chi connectivity index (χ3v) is 3.35. The number of phosphoric acid groups is 1. The van der Waals surface area contributed by atoms with E-state index < -0.39 is 19.9 Å². The molecule has 0 aliphatic carbocycles. The highest BCUT2D eigenvalue weighted by Crippen LogP contribution is 2.41. The molecule has 0 heterocycles. The second-order valence-corrected chi connectivity index (χ2v) is 5.87. The third kappa shape index (κ3) is 10.1. The number of ketones is 2. The second-order valence-electron chi connectivity index (χ2n) is 4.31. The van der Waals surface area contributed by atoms with Gasteiger partial charge in [-0.3, -0.25) is 18.6 Å². The van der Waals surface area contributed by atoms with Gasteiger partial charge >= 0.3 is 13.9 Å². The van der Waals surface area contributed by atoms with Gasteiger partial charge in [-0.15, -0.1) is 0 Å². The topological polar surface area (TPSA) is 131 Å². The van der Waals surface area contributed by atoms with Gasteiger partial charge in [0.05, 0.1) is 12.6 Å². The van der Waals surface area contributed by atoms with E-state index >= 15 is 0 Å². The summed E-state index contributed by atoms with van der Waals surface area (Å²) in [4.78, 5) is 42.6. The predicted molar refractivity (Wildman–Crippen MR) is 73.7 cm³/mol. The fraction of sp³-hybridized carbons (Fsp3) is 0.727. The molecule has 0 bridgehead atoms. The first-order valence-corrected chi connectivity index (χ1v) is 7.75. The molecule has 0 saturated heterocycles. The number of hydrogen-bond acceptors (Lipinski definition) is 6. The van der Waals surface area contributed by atoms with Crippen LogP contribution in [-0.2, 0) is 23.2 Å². The van der Waals surface area contributed by atoms with E-state index in [1.54, 1.807) is 0 Å². The molecular weight excluding hydrogens is 303 g/mol. The quantitative estimate of drug-likeness (QED) is 0.391. The van der Waals surface area contributed by atoms with Crippen LogP contribution >= 0.6 is 7.82 Å². The molecule has 0 aromatic carbocycles. The van der Waals surface area contributed by atoms with Gasteiger partial charge in [0, 0.05) is 20.1 Å². The van der Waals surface area contributed by atoms with E-state index in [0.29, 0.717) is 0 Å². The molecule has 3 N–H and O–H groups in total. The fourth-order valence-corrected chi connectivity index (χ4v) is 1.77. The Bertz CT molecular complexity index is 427. The summed E-state index contributed by atoms with van der Waals surface area (Å²) < 4.78 is 19.7. The molecule has 0 rings (SSSR count). The number of carbonyl (C=O) groups is 3. The van der Waals surface area contributed by atoms with Crippen molar-refractivity contribution < 1.29 is 32.9 Å². The number of carbonyl (C=O) groups excluding carboxylic acids is 3. The second kappa shape index (κ2) is 9.62. The minimum Gasteiger partial charge on any atom is -0.338 e. The molecule has 2 unspecified atom stereocenters. The van der Waals surface area contributed by atoms with Gasteiger partial charge in [0.25, 0.3) is 0 Å². The van der Waals surface area contributed by atoms with Crippen LogP contribution in [0.3, 0.4) is 0 Å². The van der Waals surface area contributed by atoms with Crippen LogP contribution in [0.5, 0.6) is 0 Å². The summed E-state index contributed by atoms with van der Waals surface area (Å²) in [7, 11) is -2.95. The maximum absolute atomic E-state index is 11.5. The zero-order valence-electron chi connectivity index (χ0n) is 12.2. The van der Waals surface area contributed by atoms with Gasteiger partial charge < -0.3 is 15.5 Å². The summed E-state index contributed by atoms with van der Waals surface area (Å²) in [6, 6.07) is -1.46. The third-order valence-electron chi connectivity index (χ3n) is 2.38. The maximum atomic E-state index is 11.5. The van der Waals surface area contributed by atoms with E-state index in [9.17, 15) is 18.9 Å². The Balaban J connectivity index is 3.96. The van der Waals surface area contributed by atoms with Crippen molar-refractivity contribution in [3.8, 4) is 0 Å². The molecule has 0 fully saturated rings. The Morgan fingerprint density at radius 1 is 1.29 bits per heavy atom. The number of Topliss-reactive ketones (excluding diaryl/α,β-unsaturated/α-hetero) is 2. The van der Waals surface area contributed by atoms with Crippen LogP contribution in [0.2, 0.25) is 0 Å². The lowest BCUT2D eigenvalue weighted by molar-refractivity contribution is -0.123. The maximum Gasteiger partial charge on any atom is 0.471 e. The summed E-state index contributed by atoms with van der Waals surface area (Å²) in [5.41, 5.74) is 0. The summed E-state index contributed by atoms with van der Waals surface area (Å²) in [5, 5.41) is 4.82. The predicted octanol–water partition coefficient (Wildman–Crippen LogP) is 0.376. The zero-order chi connectivity index (χ0) is 16.5. The van der Waals surface area contributed by atoms with Gasteiger partial charge in [0.2, 0.25) is 0 Å². The van der Waals surface area contributed by atoms with Crippen molar-refractivity contribution in [2.75, 3.05) is 20.3 Å². The van der Waals surface area contributed by atoms with E-state index in [0.717, 1.165) is 7.11 Å². The fourth-order valence-electron chi connectivity index (χ4n) is 1.30. The smallest absolute Gasteiger partial charge is 0.338 e. The van der Waals surface area contributed by atoms with Gasteiger partial charge in [0.1, 0.15) is 5.78 Å². The Morgan fingerprint density at radius 2 is 1.90 bits per heavy atom. The Kier molecular flexibility index (Phi) is 9.03. The van der Waals surface area contributed by atoms with Crippen molar-refractivity contribution in [2.45, 2.75) is 32.7 Å². The summed E-state index contributed by atoms with van der Waals surface area (Å²) in [6.45, 7) is 2.70. The summed E-state index contributed by atoms with van der Waals surface area (Å²) in [5.74, 6) is -0.521. The van der Waals surface area contributed by atoms with Crippen LogP contribution < -0.4 is 10.6 Å². The first-order chi connectivity index (χ1) is 9.68. The first kappa shape index (κ1) is 19.7. The molecule has 0 saturated carbocycles. The zero-order valence-corrected chi connectivity index (χ0v) is 13.1. The van der Waals surface area contributed by atoms with E-state index in [-0.39, 0.29) is 37.6 Å². The normalized spacial score (nSPS) is 14.9.